The van der Waals surface area contributed by atoms with E-state index in [1.807, 2.05) is 25.1 Å². The third-order valence-corrected chi connectivity index (χ3v) is 7.09. The van der Waals surface area contributed by atoms with Crippen molar-refractivity contribution in [2.45, 2.75) is 50.5 Å². The molecule has 6 heteroatoms. The van der Waals surface area contributed by atoms with E-state index in [9.17, 15) is 8.42 Å². The number of ether oxygens (including phenoxy) is 1. The molecule has 1 unspecified atom stereocenters. The Hall–Kier alpha value is -1.89. The van der Waals surface area contributed by atoms with Crippen LogP contribution < -0.4 is 10.5 Å². The fraction of sp³-hybridized carbons (Fsp3) is 0.478. The summed E-state index contributed by atoms with van der Waals surface area (Å²) >= 11 is 0. The second-order valence-electron chi connectivity index (χ2n) is 7.58. The first-order valence-corrected chi connectivity index (χ1v) is 11.8. The van der Waals surface area contributed by atoms with Gasteiger partial charge in [-0.15, -0.1) is 0 Å². The van der Waals surface area contributed by atoms with E-state index in [1.54, 1.807) is 28.6 Å². The Morgan fingerprint density at radius 1 is 1.07 bits per heavy atom. The molecule has 2 aromatic carbocycles. The molecule has 0 amide bonds. The summed E-state index contributed by atoms with van der Waals surface area (Å²) in [4.78, 5) is 0.261. The van der Waals surface area contributed by atoms with E-state index in [0.29, 0.717) is 18.8 Å². The molecule has 2 aromatic rings. The minimum absolute atomic E-state index is 0.0252. The van der Waals surface area contributed by atoms with E-state index in [4.69, 9.17) is 10.5 Å². The molecule has 2 N–H and O–H groups in total. The quantitative estimate of drug-likeness (QED) is 0.527. The Morgan fingerprint density at radius 3 is 2.45 bits per heavy atom. The van der Waals surface area contributed by atoms with Gasteiger partial charge in [-0.2, -0.15) is 4.31 Å². The van der Waals surface area contributed by atoms with Gasteiger partial charge in [-0.1, -0.05) is 63.1 Å². The first-order valence-electron chi connectivity index (χ1n) is 10.3. The molecule has 2 atom stereocenters. The van der Waals surface area contributed by atoms with Gasteiger partial charge in [0.2, 0.25) is 10.0 Å². The number of hydrogen-bond donors (Lipinski definition) is 1. The van der Waals surface area contributed by atoms with Gasteiger partial charge in [0.25, 0.3) is 0 Å². The minimum Gasteiger partial charge on any atom is -0.497 e. The number of nitrogens with two attached hydrogens (primary N) is 1. The van der Waals surface area contributed by atoms with E-state index in [2.05, 4.69) is 19.1 Å². The van der Waals surface area contributed by atoms with Crippen molar-refractivity contribution < 1.29 is 13.2 Å². The second kappa shape index (κ2) is 11.3. The third-order valence-electron chi connectivity index (χ3n) is 5.23. The van der Waals surface area contributed by atoms with Crippen LogP contribution in [0.5, 0.6) is 5.75 Å². The molecule has 0 radical (unpaired) electrons. The van der Waals surface area contributed by atoms with Crippen molar-refractivity contribution >= 4 is 10.0 Å². The Labute approximate surface area is 175 Å². The molecule has 0 aliphatic carbocycles. The Balaban J connectivity index is 2.17. The lowest BCUT2D eigenvalue weighted by molar-refractivity contribution is 0.316. The highest BCUT2D eigenvalue weighted by Gasteiger charge is 2.28. The van der Waals surface area contributed by atoms with Crippen molar-refractivity contribution in [2.75, 3.05) is 20.2 Å². The average Bonchev–Trinajstić information content (AvgIpc) is 2.73. The monoisotopic (exact) mass is 418 g/mol. The highest BCUT2D eigenvalue weighted by molar-refractivity contribution is 7.89. The van der Waals surface area contributed by atoms with Crippen molar-refractivity contribution in [3.63, 3.8) is 0 Å². The predicted octanol–water partition coefficient (Wildman–Crippen LogP) is 4.08. The first-order chi connectivity index (χ1) is 13.9. The lowest BCUT2D eigenvalue weighted by Crippen LogP contribution is -2.42. The standard InChI is InChI=1S/C23H34N2O3S/c1-4-5-9-15-25(29(26,27)22-14-10-13-21(17-22)28-3)18-19(2)23(24)16-20-11-7-6-8-12-20/h6-8,10-14,17,19,23H,4-5,9,15-16,18,24H2,1-3H3/t19-,23?/m1/s1. The number of methoxy groups -OCH3 is 1. The number of rotatable bonds is 12. The number of hydrogen-bond acceptors (Lipinski definition) is 4. The maximum Gasteiger partial charge on any atom is 0.243 e. The summed E-state index contributed by atoms with van der Waals surface area (Å²) in [5, 5.41) is 0. The number of sulfonamides is 1. The summed E-state index contributed by atoms with van der Waals surface area (Å²) in [6.07, 6.45) is 3.59. The van der Waals surface area contributed by atoms with Gasteiger partial charge in [-0.3, -0.25) is 0 Å². The molecule has 0 heterocycles. The Bertz CT molecular complexity index is 840. The number of unbranched alkanes of at least 4 members (excludes halogenated alkanes) is 2. The molecule has 0 aromatic heterocycles. The van der Waals surface area contributed by atoms with Crippen molar-refractivity contribution in [1.29, 1.82) is 0 Å². The lowest BCUT2D eigenvalue weighted by Gasteiger charge is -2.28. The highest BCUT2D eigenvalue weighted by atomic mass is 32.2. The summed E-state index contributed by atoms with van der Waals surface area (Å²) < 4.78 is 33.5. The Morgan fingerprint density at radius 2 is 1.79 bits per heavy atom. The Kier molecular flexibility index (Phi) is 9.14. The third kappa shape index (κ3) is 6.84. The van der Waals surface area contributed by atoms with Gasteiger partial charge in [0.05, 0.1) is 12.0 Å². The molecule has 0 fully saturated rings. The van der Waals surface area contributed by atoms with Crippen molar-refractivity contribution in [3.05, 3.63) is 60.2 Å². The summed E-state index contributed by atoms with van der Waals surface area (Å²) in [6.45, 7) is 5.04. The molecule has 5 nitrogen and oxygen atoms in total. The van der Waals surface area contributed by atoms with Gasteiger partial charge >= 0.3 is 0 Å². The highest BCUT2D eigenvalue weighted by Crippen LogP contribution is 2.23. The average molecular weight is 419 g/mol. The van der Waals surface area contributed by atoms with Crippen LogP contribution in [0.2, 0.25) is 0 Å². The van der Waals surface area contributed by atoms with Gasteiger partial charge in [0.1, 0.15) is 5.75 Å². The second-order valence-corrected chi connectivity index (χ2v) is 9.52. The van der Waals surface area contributed by atoms with E-state index >= 15 is 0 Å². The molecule has 160 valence electrons. The first kappa shape index (κ1) is 23.4. The van der Waals surface area contributed by atoms with E-state index in [-0.39, 0.29) is 16.9 Å². The molecule has 0 aliphatic heterocycles. The molecule has 0 spiro atoms. The summed E-state index contributed by atoms with van der Waals surface area (Å²) in [6, 6.07) is 16.6. The summed E-state index contributed by atoms with van der Waals surface area (Å²) in [5.41, 5.74) is 7.61. The molecular weight excluding hydrogens is 384 g/mol. The van der Waals surface area contributed by atoms with E-state index < -0.39 is 10.0 Å². The minimum atomic E-state index is -3.62. The van der Waals surface area contributed by atoms with Crippen molar-refractivity contribution in [3.8, 4) is 5.75 Å². The molecule has 29 heavy (non-hydrogen) atoms. The fourth-order valence-corrected chi connectivity index (χ4v) is 4.92. The maximum absolute atomic E-state index is 13.3. The van der Waals surface area contributed by atoms with Crippen LogP contribution >= 0.6 is 0 Å². The zero-order valence-electron chi connectivity index (χ0n) is 17.8. The lowest BCUT2D eigenvalue weighted by atomic mass is 9.95. The predicted molar refractivity (Wildman–Crippen MR) is 119 cm³/mol. The SMILES string of the molecule is CCCCCN(C[C@@H](C)C(N)Cc1ccccc1)S(=O)(=O)c1cccc(OC)c1. The van der Waals surface area contributed by atoms with Crippen LogP contribution in [0.15, 0.2) is 59.5 Å². The largest absolute Gasteiger partial charge is 0.497 e. The molecule has 0 saturated heterocycles. The van der Waals surface area contributed by atoms with Gasteiger partial charge in [-0.05, 0) is 36.5 Å². The van der Waals surface area contributed by atoms with Gasteiger partial charge in [0.15, 0.2) is 0 Å². The molecule has 0 bridgehead atoms. The van der Waals surface area contributed by atoms with Crippen LogP contribution in [-0.4, -0.2) is 39.0 Å². The summed E-state index contributed by atoms with van der Waals surface area (Å²) in [7, 11) is -2.08. The zero-order chi connectivity index (χ0) is 21.3. The number of nitrogens with zero attached hydrogens (tertiary/aromatic N) is 1. The van der Waals surface area contributed by atoms with Crippen LogP contribution in [0.1, 0.15) is 38.7 Å². The van der Waals surface area contributed by atoms with Gasteiger partial charge in [0, 0.05) is 25.2 Å². The number of benzene rings is 2. The van der Waals surface area contributed by atoms with Crippen LogP contribution in [0.4, 0.5) is 0 Å². The molecular formula is C23H34N2O3S. The van der Waals surface area contributed by atoms with Crippen LogP contribution in [-0.2, 0) is 16.4 Å². The van der Waals surface area contributed by atoms with Crippen LogP contribution in [0.25, 0.3) is 0 Å². The van der Waals surface area contributed by atoms with E-state index in [0.717, 1.165) is 25.7 Å². The molecule has 0 saturated carbocycles. The van der Waals surface area contributed by atoms with Crippen molar-refractivity contribution in [2.24, 2.45) is 11.7 Å². The maximum atomic E-state index is 13.3. The van der Waals surface area contributed by atoms with Crippen molar-refractivity contribution in [1.82, 2.24) is 4.31 Å². The van der Waals surface area contributed by atoms with Gasteiger partial charge < -0.3 is 10.5 Å². The summed E-state index contributed by atoms with van der Waals surface area (Å²) in [5.74, 6) is 0.561. The van der Waals surface area contributed by atoms with Gasteiger partial charge in [-0.25, -0.2) is 8.42 Å². The molecule has 0 aliphatic rings. The van der Waals surface area contributed by atoms with E-state index in [1.165, 1.54) is 12.7 Å². The smallest absolute Gasteiger partial charge is 0.243 e. The topological polar surface area (TPSA) is 72.6 Å². The molecule has 2 rings (SSSR count). The normalized spacial score (nSPS) is 14.0. The fourth-order valence-electron chi connectivity index (χ4n) is 3.30. The zero-order valence-corrected chi connectivity index (χ0v) is 18.6. The van der Waals surface area contributed by atoms with Crippen LogP contribution in [0, 0.1) is 5.92 Å². The van der Waals surface area contributed by atoms with Crippen LogP contribution in [0.3, 0.4) is 0 Å².